The molecule has 0 aromatic rings. The predicted molar refractivity (Wildman–Crippen MR) is 83.5 cm³/mol. The van der Waals surface area contributed by atoms with E-state index in [2.05, 4.69) is 17.6 Å². The number of hydrogen-bond donors (Lipinski definition) is 2. The molecule has 3 unspecified atom stereocenters. The fourth-order valence-corrected chi connectivity index (χ4v) is 3.89. The van der Waals surface area contributed by atoms with Gasteiger partial charge in [-0.1, -0.05) is 51.9 Å². The fraction of sp³-hybridized carbons (Fsp3) is 1.00. The van der Waals surface area contributed by atoms with Gasteiger partial charge in [-0.05, 0) is 38.1 Å². The van der Waals surface area contributed by atoms with E-state index in [1.807, 2.05) is 0 Å². The normalized spacial score (nSPS) is 30.5. The van der Waals surface area contributed by atoms with Gasteiger partial charge < -0.3 is 10.6 Å². The summed E-state index contributed by atoms with van der Waals surface area (Å²) in [4.78, 5) is 0. The molecule has 0 spiro atoms. The first-order valence-corrected chi connectivity index (χ1v) is 8.87. The molecule has 1 aliphatic heterocycles. The first kappa shape index (κ1) is 15.3. The molecule has 2 rings (SSSR count). The van der Waals surface area contributed by atoms with E-state index in [1.54, 1.807) is 0 Å². The number of unbranched alkanes of at least 4 members (excludes halogenated alkanes) is 5. The molecule has 0 radical (unpaired) electrons. The summed E-state index contributed by atoms with van der Waals surface area (Å²) in [5, 5.41) is 7.51. The molecule has 0 aromatic heterocycles. The van der Waals surface area contributed by atoms with E-state index >= 15 is 0 Å². The van der Waals surface area contributed by atoms with Crippen LogP contribution in [-0.2, 0) is 0 Å². The van der Waals surface area contributed by atoms with E-state index in [-0.39, 0.29) is 0 Å². The Bertz CT molecular complexity index is 215. The van der Waals surface area contributed by atoms with E-state index in [0.29, 0.717) is 0 Å². The average Bonchev–Trinajstić information content (AvgIpc) is 2.84. The fourth-order valence-electron chi connectivity index (χ4n) is 3.89. The molecule has 2 nitrogen and oxygen atoms in total. The quantitative estimate of drug-likeness (QED) is 0.619. The zero-order chi connectivity index (χ0) is 13.3. The minimum atomic E-state index is 0.758. The Morgan fingerprint density at radius 3 is 2.63 bits per heavy atom. The topological polar surface area (TPSA) is 24.1 Å². The molecule has 2 aliphatic rings. The van der Waals surface area contributed by atoms with Gasteiger partial charge >= 0.3 is 0 Å². The summed E-state index contributed by atoms with van der Waals surface area (Å²) >= 11 is 0. The second-order valence-electron chi connectivity index (χ2n) is 6.72. The predicted octanol–water partition coefficient (Wildman–Crippen LogP) is 3.86. The number of nitrogens with one attached hydrogen (secondary N) is 2. The first-order valence-electron chi connectivity index (χ1n) is 8.87. The minimum Gasteiger partial charge on any atom is -0.315 e. The van der Waals surface area contributed by atoms with Crippen LogP contribution in [-0.4, -0.2) is 25.2 Å². The Balaban J connectivity index is 1.43. The van der Waals surface area contributed by atoms with Crippen LogP contribution < -0.4 is 10.6 Å². The van der Waals surface area contributed by atoms with Crippen LogP contribution in [0.2, 0.25) is 0 Å². The van der Waals surface area contributed by atoms with Gasteiger partial charge in [0.15, 0.2) is 0 Å². The van der Waals surface area contributed by atoms with Gasteiger partial charge in [-0.2, -0.15) is 0 Å². The molecule has 2 heteroatoms. The Morgan fingerprint density at radius 2 is 1.79 bits per heavy atom. The average molecular weight is 266 g/mol. The summed E-state index contributed by atoms with van der Waals surface area (Å²) < 4.78 is 0. The van der Waals surface area contributed by atoms with Crippen molar-refractivity contribution in [3.63, 3.8) is 0 Å². The first-order chi connectivity index (χ1) is 9.40. The van der Waals surface area contributed by atoms with E-state index in [1.165, 1.54) is 83.7 Å². The summed E-state index contributed by atoms with van der Waals surface area (Å²) in [6.07, 6.45) is 15.7. The van der Waals surface area contributed by atoms with Gasteiger partial charge in [-0.3, -0.25) is 0 Å². The van der Waals surface area contributed by atoms with E-state index in [4.69, 9.17) is 0 Å². The third-order valence-electron chi connectivity index (χ3n) is 5.04. The lowest BCUT2D eigenvalue weighted by Gasteiger charge is -2.24. The van der Waals surface area contributed by atoms with Gasteiger partial charge in [-0.15, -0.1) is 0 Å². The van der Waals surface area contributed by atoms with Crippen molar-refractivity contribution in [3.8, 4) is 0 Å². The molecule has 2 fully saturated rings. The van der Waals surface area contributed by atoms with Crippen LogP contribution in [0, 0.1) is 5.92 Å². The van der Waals surface area contributed by atoms with Crippen LogP contribution in [0.15, 0.2) is 0 Å². The van der Waals surface area contributed by atoms with E-state index < -0.39 is 0 Å². The molecule has 1 heterocycles. The van der Waals surface area contributed by atoms with Crippen molar-refractivity contribution in [2.45, 2.75) is 89.6 Å². The molecule has 112 valence electrons. The van der Waals surface area contributed by atoms with Crippen molar-refractivity contribution in [3.05, 3.63) is 0 Å². The molecule has 3 atom stereocenters. The molecular formula is C17H34N2. The third kappa shape index (κ3) is 5.43. The number of hydrogen-bond acceptors (Lipinski definition) is 2. The maximum atomic E-state index is 3.85. The maximum absolute atomic E-state index is 3.85. The summed E-state index contributed by atoms with van der Waals surface area (Å²) in [6, 6.07) is 1.61. The number of rotatable bonds is 9. The van der Waals surface area contributed by atoms with Crippen LogP contribution in [0.3, 0.4) is 0 Å². The highest BCUT2D eigenvalue weighted by atomic mass is 15.0. The molecular weight excluding hydrogens is 232 g/mol. The largest absolute Gasteiger partial charge is 0.315 e. The van der Waals surface area contributed by atoms with Gasteiger partial charge in [0, 0.05) is 18.6 Å². The Kier molecular flexibility index (Phi) is 7.23. The summed E-state index contributed by atoms with van der Waals surface area (Å²) in [5.41, 5.74) is 0. The number of fused-ring (bicyclic) bond motifs is 1. The lowest BCUT2D eigenvalue weighted by Crippen LogP contribution is -2.38. The standard InChI is InChI=1S/C17H34N2/c1-2-3-4-5-6-9-12-18-14-16-13-15-10-7-8-11-17(15)19-16/h15-19H,2-14H2,1H3. The Hall–Kier alpha value is -0.0800. The van der Waals surface area contributed by atoms with Crippen LogP contribution >= 0.6 is 0 Å². The van der Waals surface area contributed by atoms with Crippen molar-refractivity contribution in [1.82, 2.24) is 10.6 Å². The summed E-state index contributed by atoms with van der Waals surface area (Å²) in [5.74, 6) is 0.995. The van der Waals surface area contributed by atoms with Crippen molar-refractivity contribution >= 4 is 0 Å². The van der Waals surface area contributed by atoms with Crippen LogP contribution in [0.25, 0.3) is 0 Å². The zero-order valence-electron chi connectivity index (χ0n) is 12.9. The summed E-state index contributed by atoms with van der Waals surface area (Å²) in [6.45, 7) is 4.70. The molecule has 0 bridgehead atoms. The van der Waals surface area contributed by atoms with Gasteiger partial charge in [0.25, 0.3) is 0 Å². The zero-order valence-corrected chi connectivity index (χ0v) is 12.9. The molecule has 1 saturated heterocycles. The Labute approximate surface area is 120 Å². The highest BCUT2D eigenvalue weighted by molar-refractivity contribution is 4.93. The second kappa shape index (κ2) is 8.97. The SMILES string of the molecule is CCCCCCCCNCC1CC2CCCCC2N1. The molecule has 1 saturated carbocycles. The molecule has 0 amide bonds. The lowest BCUT2D eigenvalue weighted by atomic mass is 9.85. The maximum Gasteiger partial charge on any atom is 0.0198 e. The van der Waals surface area contributed by atoms with E-state index in [0.717, 1.165) is 18.0 Å². The van der Waals surface area contributed by atoms with Gasteiger partial charge in [0.05, 0.1) is 0 Å². The molecule has 2 N–H and O–H groups in total. The smallest absolute Gasteiger partial charge is 0.0198 e. The highest BCUT2D eigenvalue weighted by Crippen LogP contribution is 2.32. The van der Waals surface area contributed by atoms with Crippen molar-refractivity contribution in [1.29, 1.82) is 0 Å². The molecule has 1 aliphatic carbocycles. The minimum absolute atomic E-state index is 0.758. The van der Waals surface area contributed by atoms with Crippen LogP contribution in [0.5, 0.6) is 0 Å². The highest BCUT2D eigenvalue weighted by Gasteiger charge is 2.34. The third-order valence-corrected chi connectivity index (χ3v) is 5.04. The second-order valence-corrected chi connectivity index (χ2v) is 6.72. The molecule has 0 aromatic carbocycles. The van der Waals surface area contributed by atoms with Crippen molar-refractivity contribution < 1.29 is 0 Å². The van der Waals surface area contributed by atoms with Gasteiger partial charge in [-0.25, -0.2) is 0 Å². The summed E-state index contributed by atoms with van der Waals surface area (Å²) in [7, 11) is 0. The van der Waals surface area contributed by atoms with Gasteiger partial charge in [0.2, 0.25) is 0 Å². The Morgan fingerprint density at radius 1 is 1.00 bits per heavy atom. The van der Waals surface area contributed by atoms with Crippen LogP contribution in [0.4, 0.5) is 0 Å². The molecule has 19 heavy (non-hydrogen) atoms. The van der Waals surface area contributed by atoms with Crippen molar-refractivity contribution in [2.24, 2.45) is 5.92 Å². The monoisotopic (exact) mass is 266 g/mol. The van der Waals surface area contributed by atoms with Crippen molar-refractivity contribution in [2.75, 3.05) is 13.1 Å². The lowest BCUT2D eigenvalue weighted by molar-refractivity contribution is 0.325. The van der Waals surface area contributed by atoms with Gasteiger partial charge in [0.1, 0.15) is 0 Å². The van der Waals surface area contributed by atoms with E-state index in [9.17, 15) is 0 Å². The van der Waals surface area contributed by atoms with Crippen LogP contribution in [0.1, 0.15) is 77.6 Å².